The molecule has 0 aliphatic carbocycles. The number of halogens is 2. The van der Waals surface area contributed by atoms with Gasteiger partial charge in [0.1, 0.15) is 11.5 Å². The summed E-state index contributed by atoms with van der Waals surface area (Å²) in [6.45, 7) is 5.25. The van der Waals surface area contributed by atoms with Crippen LogP contribution in [0.4, 0.5) is 14.7 Å². The quantitative estimate of drug-likeness (QED) is 0.745. The molecule has 1 aromatic heterocycles. The molecule has 11 heteroatoms. The largest absolute Gasteiger partial charge is 0.379 e. The first kappa shape index (κ1) is 19.0. The smallest absolute Gasteiger partial charge is 0.281 e. The summed E-state index contributed by atoms with van der Waals surface area (Å²) in [6, 6.07) is 0. The van der Waals surface area contributed by atoms with Crippen LogP contribution < -0.4 is 11.1 Å². The van der Waals surface area contributed by atoms with E-state index < -0.39 is 12.1 Å². The van der Waals surface area contributed by atoms with Crippen molar-refractivity contribution in [3.8, 4) is 0 Å². The molecule has 0 radical (unpaired) electrons. The average molecular weight is 395 g/mol. The maximum atomic E-state index is 13.6. The molecule has 3 N–H and O–H groups in total. The molecule has 3 aliphatic heterocycles. The molecular formula is C17H23F2N7O2. The van der Waals surface area contributed by atoms with E-state index in [0.29, 0.717) is 58.3 Å². The number of aliphatic imine (C=N–C) groups is 1. The Labute approximate surface area is 161 Å². The van der Waals surface area contributed by atoms with Crippen LogP contribution in [0.25, 0.3) is 0 Å². The average Bonchev–Trinajstić information content (AvgIpc) is 2.74. The van der Waals surface area contributed by atoms with Gasteiger partial charge in [-0.15, -0.1) is 0 Å². The van der Waals surface area contributed by atoms with Crippen LogP contribution in [0, 0.1) is 0 Å². The molecule has 4 rings (SSSR count). The standard InChI is InChI=1S/C17H23F2N7O2/c18-15(19)14-11(10-21-16(20)24-14)12-9-13(25-1-5-27-6-2-25)23-17(22-12)26-3-7-28-8-4-26/h9-10,15,17,23H,1-8H2,(H2,20,21,24). The van der Waals surface area contributed by atoms with Crippen molar-refractivity contribution in [1.29, 1.82) is 0 Å². The minimum Gasteiger partial charge on any atom is -0.379 e. The van der Waals surface area contributed by atoms with Crippen LogP contribution in [0.15, 0.2) is 23.1 Å². The Morgan fingerprint density at radius 2 is 1.79 bits per heavy atom. The number of hydrogen-bond acceptors (Lipinski definition) is 9. The summed E-state index contributed by atoms with van der Waals surface area (Å²) in [5, 5.41) is 3.41. The van der Waals surface area contributed by atoms with Gasteiger partial charge in [0.05, 0.1) is 32.1 Å². The lowest BCUT2D eigenvalue weighted by molar-refractivity contribution is 0.00654. The highest BCUT2D eigenvalue weighted by atomic mass is 19.3. The van der Waals surface area contributed by atoms with E-state index in [9.17, 15) is 8.78 Å². The Bertz CT molecular complexity index is 762. The van der Waals surface area contributed by atoms with Crippen molar-refractivity contribution < 1.29 is 18.3 Å². The first-order chi connectivity index (χ1) is 13.6. The molecule has 1 aromatic rings. The number of nitrogens with two attached hydrogens (primary N) is 1. The van der Waals surface area contributed by atoms with E-state index in [1.54, 1.807) is 6.08 Å². The number of hydrogen-bond donors (Lipinski definition) is 2. The van der Waals surface area contributed by atoms with Crippen molar-refractivity contribution in [1.82, 2.24) is 25.1 Å². The summed E-state index contributed by atoms with van der Waals surface area (Å²) in [7, 11) is 0. The summed E-state index contributed by atoms with van der Waals surface area (Å²) in [6.07, 6.45) is -0.0781. The number of nitrogen functional groups attached to an aromatic ring is 1. The molecule has 28 heavy (non-hydrogen) atoms. The van der Waals surface area contributed by atoms with Gasteiger partial charge in [0, 0.05) is 44.0 Å². The predicted octanol–water partition coefficient (Wildman–Crippen LogP) is 0.178. The van der Waals surface area contributed by atoms with Gasteiger partial charge in [-0.05, 0) is 0 Å². The number of nitrogens with zero attached hydrogens (tertiary/aromatic N) is 5. The van der Waals surface area contributed by atoms with Gasteiger partial charge in [-0.2, -0.15) is 0 Å². The Morgan fingerprint density at radius 1 is 1.11 bits per heavy atom. The summed E-state index contributed by atoms with van der Waals surface area (Å²) in [5.74, 6) is 0.637. The molecule has 0 aromatic carbocycles. The van der Waals surface area contributed by atoms with Gasteiger partial charge in [-0.25, -0.2) is 23.7 Å². The van der Waals surface area contributed by atoms with Crippen molar-refractivity contribution in [2.45, 2.75) is 12.7 Å². The Morgan fingerprint density at radius 3 is 2.46 bits per heavy atom. The van der Waals surface area contributed by atoms with E-state index in [0.717, 1.165) is 5.82 Å². The Hall–Kier alpha value is -2.37. The highest BCUT2D eigenvalue weighted by molar-refractivity contribution is 6.10. The molecule has 1 atom stereocenters. The van der Waals surface area contributed by atoms with Crippen molar-refractivity contribution in [3.05, 3.63) is 29.4 Å². The highest BCUT2D eigenvalue weighted by Crippen LogP contribution is 2.25. The molecule has 3 aliphatic rings. The minimum atomic E-state index is -2.78. The molecular weight excluding hydrogens is 372 g/mol. The minimum absolute atomic E-state index is 0.185. The van der Waals surface area contributed by atoms with E-state index in [1.807, 2.05) is 0 Å². The number of morpholine rings is 2. The van der Waals surface area contributed by atoms with E-state index in [-0.39, 0.29) is 17.8 Å². The monoisotopic (exact) mass is 395 g/mol. The van der Waals surface area contributed by atoms with Gasteiger partial charge in [-0.1, -0.05) is 0 Å². The van der Waals surface area contributed by atoms with Crippen LogP contribution in [-0.2, 0) is 9.47 Å². The highest BCUT2D eigenvalue weighted by Gasteiger charge is 2.29. The van der Waals surface area contributed by atoms with Gasteiger partial charge in [0.15, 0.2) is 6.29 Å². The third kappa shape index (κ3) is 4.05. The zero-order valence-corrected chi connectivity index (χ0v) is 15.4. The second-order valence-corrected chi connectivity index (χ2v) is 6.64. The number of allylic oxidation sites excluding steroid dienone is 1. The van der Waals surface area contributed by atoms with E-state index in [2.05, 4.69) is 30.1 Å². The summed E-state index contributed by atoms with van der Waals surface area (Å²) in [5.41, 5.74) is 5.70. The molecule has 0 saturated carbocycles. The number of alkyl halides is 2. The van der Waals surface area contributed by atoms with E-state index in [4.69, 9.17) is 15.2 Å². The first-order valence-electron chi connectivity index (χ1n) is 9.23. The fourth-order valence-corrected chi connectivity index (χ4v) is 3.41. The Kier molecular flexibility index (Phi) is 5.64. The lowest BCUT2D eigenvalue weighted by Crippen LogP contribution is -2.54. The van der Waals surface area contributed by atoms with Gasteiger partial charge < -0.3 is 25.4 Å². The van der Waals surface area contributed by atoms with Crippen molar-refractivity contribution in [2.24, 2.45) is 4.99 Å². The topological polar surface area (TPSA) is 101 Å². The summed E-state index contributed by atoms with van der Waals surface area (Å²) in [4.78, 5) is 16.6. The van der Waals surface area contributed by atoms with Gasteiger partial charge >= 0.3 is 0 Å². The second-order valence-electron chi connectivity index (χ2n) is 6.64. The lowest BCUT2D eigenvalue weighted by atomic mass is 10.1. The number of ether oxygens (including phenoxy) is 2. The number of anilines is 1. The number of aromatic nitrogens is 2. The van der Waals surface area contributed by atoms with Crippen molar-refractivity contribution >= 4 is 11.7 Å². The van der Waals surface area contributed by atoms with E-state index in [1.165, 1.54) is 6.20 Å². The number of rotatable bonds is 4. The number of nitrogens with one attached hydrogen (secondary N) is 1. The fraction of sp³-hybridized carbons (Fsp3) is 0.588. The Balaban J connectivity index is 1.71. The van der Waals surface area contributed by atoms with E-state index >= 15 is 0 Å². The van der Waals surface area contributed by atoms with Crippen LogP contribution in [0.2, 0.25) is 0 Å². The zero-order chi connectivity index (χ0) is 19.5. The molecule has 0 spiro atoms. The van der Waals surface area contributed by atoms with Crippen LogP contribution in [0.5, 0.6) is 0 Å². The maximum Gasteiger partial charge on any atom is 0.281 e. The van der Waals surface area contributed by atoms with Crippen molar-refractivity contribution in [2.75, 3.05) is 58.3 Å². The molecule has 0 amide bonds. The summed E-state index contributed by atoms with van der Waals surface area (Å²) >= 11 is 0. The molecule has 4 heterocycles. The predicted molar refractivity (Wildman–Crippen MR) is 97.7 cm³/mol. The maximum absolute atomic E-state index is 13.6. The molecule has 0 bridgehead atoms. The first-order valence-corrected chi connectivity index (χ1v) is 9.23. The van der Waals surface area contributed by atoms with Crippen LogP contribution in [0.3, 0.4) is 0 Å². The summed E-state index contributed by atoms with van der Waals surface area (Å²) < 4.78 is 38.0. The molecule has 2 saturated heterocycles. The molecule has 1 unspecified atom stereocenters. The SMILES string of the molecule is Nc1ncc(C2=NC(N3CCOCC3)NC(N3CCOCC3)=C2)c(C(F)F)n1. The molecule has 152 valence electrons. The van der Waals surface area contributed by atoms with Crippen molar-refractivity contribution in [3.63, 3.8) is 0 Å². The molecule has 9 nitrogen and oxygen atoms in total. The lowest BCUT2D eigenvalue weighted by Gasteiger charge is -2.39. The zero-order valence-electron chi connectivity index (χ0n) is 15.4. The van der Waals surface area contributed by atoms with Gasteiger partial charge in [0.2, 0.25) is 5.95 Å². The van der Waals surface area contributed by atoms with Crippen LogP contribution in [-0.4, -0.2) is 84.4 Å². The van der Waals surface area contributed by atoms with Crippen LogP contribution in [0.1, 0.15) is 17.7 Å². The van der Waals surface area contributed by atoms with Gasteiger partial charge in [-0.3, -0.25) is 4.90 Å². The second kappa shape index (κ2) is 8.33. The molecule has 2 fully saturated rings. The fourth-order valence-electron chi connectivity index (χ4n) is 3.41. The van der Waals surface area contributed by atoms with Crippen LogP contribution >= 0.6 is 0 Å². The van der Waals surface area contributed by atoms with Gasteiger partial charge in [0.25, 0.3) is 6.43 Å². The normalized spacial score (nSPS) is 24.0. The third-order valence-electron chi connectivity index (χ3n) is 4.87. The third-order valence-corrected chi connectivity index (χ3v) is 4.87.